The molecule has 0 amide bonds. The number of piperidine rings is 1. The summed E-state index contributed by atoms with van der Waals surface area (Å²) in [5.41, 5.74) is -0.295. The van der Waals surface area contributed by atoms with E-state index < -0.39 is 29.9 Å². The van der Waals surface area contributed by atoms with Gasteiger partial charge in [0.05, 0.1) is 5.56 Å². The number of alkyl halides is 6. The fraction of sp³-hybridized carbons (Fsp3) is 0.619. The molecule has 1 aliphatic carbocycles. The number of hydrogen-bond acceptors (Lipinski definition) is 4. The molecule has 1 saturated carbocycles. The normalized spacial score (nSPS) is 30.2. The molecular formula is C21H23F6N5. The van der Waals surface area contributed by atoms with Crippen LogP contribution in [0.2, 0.25) is 0 Å². The molecule has 0 spiro atoms. The quantitative estimate of drug-likeness (QED) is 0.652. The van der Waals surface area contributed by atoms with Crippen molar-refractivity contribution in [3.8, 4) is 0 Å². The number of aromatic nitrogens is 3. The zero-order chi connectivity index (χ0) is 22.7. The second-order valence-electron chi connectivity index (χ2n) is 8.97. The summed E-state index contributed by atoms with van der Waals surface area (Å²) in [7, 11) is 0. The van der Waals surface area contributed by atoms with E-state index >= 15 is 0 Å². The Bertz CT molecular complexity index is 951. The molecule has 1 saturated heterocycles. The molecule has 5 nitrogen and oxygen atoms in total. The summed E-state index contributed by atoms with van der Waals surface area (Å²) >= 11 is 0. The van der Waals surface area contributed by atoms with Crippen LogP contribution in [0, 0.1) is 11.8 Å². The van der Waals surface area contributed by atoms with Crippen LogP contribution in [0.3, 0.4) is 0 Å². The summed E-state index contributed by atoms with van der Waals surface area (Å²) in [6.07, 6.45) is -6.95. The fourth-order valence-corrected chi connectivity index (χ4v) is 5.43. The molecule has 1 aromatic heterocycles. The monoisotopic (exact) mass is 459 g/mol. The maximum atomic E-state index is 13.7. The van der Waals surface area contributed by atoms with Crippen LogP contribution >= 0.6 is 0 Å². The van der Waals surface area contributed by atoms with E-state index in [1.54, 1.807) is 0 Å². The third kappa shape index (κ3) is 3.84. The van der Waals surface area contributed by atoms with Crippen molar-refractivity contribution in [1.29, 1.82) is 0 Å². The molecule has 11 heteroatoms. The number of halogens is 6. The predicted molar refractivity (Wildman–Crippen MR) is 104 cm³/mol. The first-order chi connectivity index (χ1) is 15.1. The Morgan fingerprint density at radius 1 is 0.906 bits per heavy atom. The van der Waals surface area contributed by atoms with Gasteiger partial charge in [-0.05, 0) is 68.3 Å². The molecule has 2 aliphatic heterocycles. The lowest BCUT2D eigenvalue weighted by molar-refractivity contribution is -0.175. The lowest BCUT2D eigenvalue weighted by Crippen LogP contribution is -2.45. The van der Waals surface area contributed by atoms with Gasteiger partial charge in [0.2, 0.25) is 5.95 Å². The van der Waals surface area contributed by atoms with E-state index in [-0.39, 0.29) is 30.7 Å². The van der Waals surface area contributed by atoms with Crippen LogP contribution in [-0.2, 0) is 6.18 Å². The Balaban J connectivity index is 1.47. The summed E-state index contributed by atoms with van der Waals surface area (Å²) in [4.78, 5) is 4.43. The first-order valence-electron chi connectivity index (χ1n) is 10.8. The number of benzene rings is 1. The highest BCUT2D eigenvalue weighted by Crippen LogP contribution is 2.45. The number of rotatable bonds is 3. The van der Waals surface area contributed by atoms with Crippen molar-refractivity contribution in [1.82, 2.24) is 20.1 Å². The smallest absolute Gasteiger partial charge is 0.350 e. The minimum absolute atomic E-state index is 0.106. The second-order valence-corrected chi connectivity index (χ2v) is 8.97. The van der Waals surface area contributed by atoms with E-state index in [1.165, 1.54) is 12.1 Å². The first kappa shape index (κ1) is 21.5. The van der Waals surface area contributed by atoms with E-state index in [0.717, 1.165) is 42.7 Å². The van der Waals surface area contributed by atoms with Crippen LogP contribution in [0.15, 0.2) is 24.3 Å². The molecule has 3 aliphatic rings. The molecule has 2 bridgehead atoms. The zero-order valence-corrected chi connectivity index (χ0v) is 17.0. The molecule has 2 aromatic rings. The first-order valence-corrected chi connectivity index (χ1v) is 10.8. The third-order valence-corrected chi connectivity index (χ3v) is 7.04. The van der Waals surface area contributed by atoms with Gasteiger partial charge in [-0.3, -0.25) is 0 Å². The van der Waals surface area contributed by atoms with Crippen molar-refractivity contribution in [2.24, 2.45) is 11.8 Å². The summed E-state index contributed by atoms with van der Waals surface area (Å²) < 4.78 is 80.7. The summed E-state index contributed by atoms with van der Waals surface area (Å²) in [6, 6.07) is 2.86. The summed E-state index contributed by atoms with van der Waals surface area (Å²) in [5, 5.41) is 10.8. The number of anilines is 1. The highest BCUT2D eigenvalue weighted by Gasteiger charge is 2.47. The Kier molecular flexibility index (Phi) is 5.14. The van der Waals surface area contributed by atoms with Crippen molar-refractivity contribution < 1.29 is 26.3 Å². The Morgan fingerprint density at radius 3 is 2.16 bits per heavy atom. The van der Waals surface area contributed by atoms with Crippen LogP contribution in [0.25, 0.3) is 0 Å². The molecule has 3 heterocycles. The number of hydrogen-bond donors (Lipinski definition) is 2. The van der Waals surface area contributed by atoms with Crippen molar-refractivity contribution in [2.75, 3.05) is 18.4 Å². The SMILES string of the molecule is FC(F)(F)c1ccc(C2CCC(C(F)(F)F)n3nc(NC4[C@@H]5CC[C@H]4CNC5)nc32)cc1. The van der Waals surface area contributed by atoms with Gasteiger partial charge < -0.3 is 10.6 Å². The molecule has 2 N–H and O–H groups in total. The fourth-order valence-electron chi connectivity index (χ4n) is 5.43. The van der Waals surface area contributed by atoms with E-state index in [1.807, 2.05) is 0 Å². The van der Waals surface area contributed by atoms with Gasteiger partial charge in [0, 0.05) is 12.0 Å². The molecule has 2 fully saturated rings. The van der Waals surface area contributed by atoms with Crippen LogP contribution in [0.5, 0.6) is 0 Å². The van der Waals surface area contributed by atoms with Gasteiger partial charge >= 0.3 is 12.4 Å². The molecule has 3 unspecified atom stereocenters. The highest BCUT2D eigenvalue weighted by molar-refractivity contribution is 5.35. The second kappa shape index (κ2) is 7.64. The van der Waals surface area contributed by atoms with Gasteiger partial charge in [-0.25, -0.2) is 4.68 Å². The Labute approximate surface area is 180 Å². The van der Waals surface area contributed by atoms with Crippen LogP contribution in [0.1, 0.15) is 54.6 Å². The van der Waals surface area contributed by atoms with Gasteiger partial charge in [-0.1, -0.05) is 12.1 Å². The third-order valence-electron chi connectivity index (χ3n) is 7.04. The Morgan fingerprint density at radius 2 is 1.56 bits per heavy atom. The van der Waals surface area contributed by atoms with Gasteiger partial charge in [0.1, 0.15) is 11.9 Å². The Hall–Kier alpha value is -2.30. The largest absolute Gasteiger partial charge is 0.416 e. The molecule has 5 atom stereocenters. The highest BCUT2D eigenvalue weighted by atomic mass is 19.4. The lowest BCUT2D eigenvalue weighted by atomic mass is 9.88. The minimum atomic E-state index is -4.49. The summed E-state index contributed by atoms with van der Waals surface area (Å²) in [6.45, 7) is 1.70. The topological polar surface area (TPSA) is 54.8 Å². The predicted octanol–water partition coefficient (Wildman–Crippen LogP) is 4.74. The van der Waals surface area contributed by atoms with Crippen LogP contribution in [0.4, 0.5) is 32.3 Å². The number of nitrogens with one attached hydrogen (secondary N) is 2. The van der Waals surface area contributed by atoms with Crippen LogP contribution < -0.4 is 10.6 Å². The lowest BCUT2D eigenvalue weighted by Gasteiger charge is -2.31. The summed E-state index contributed by atoms with van der Waals surface area (Å²) in [5.74, 6) is 0.499. The molecule has 32 heavy (non-hydrogen) atoms. The minimum Gasteiger partial charge on any atom is -0.350 e. The standard InChI is InChI=1S/C21H23F6N5/c22-20(23,24)14-5-3-11(4-6-14)15-7-8-16(21(25,26)27)32-18(15)30-19(31-32)29-17-12-1-2-13(17)10-28-9-12/h3-6,12-13,15-17,28H,1-2,7-10H2,(H,29,31)/t12-,13+,15?,16?,17?. The molecule has 1 aromatic carbocycles. The van der Waals surface area contributed by atoms with Crippen molar-refractivity contribution in [3.05, 3.63) is 41.2 Å². The van der Waals surface area contributed by atoms with Crippen molar-refractivity contribution in [3.63, 3.8) is 0 Å². The van der Waals surface area contributed by atoms with Crippen LogP contribution in [-0.4, -0.2) is 40.1 Å². The van der Waals surface area contributed by atoms with E-state index in [9.17, 15) is 26.3 Å². The molecular weight excluding hydrogens is 436 g/mol. The molecule has 5 rings (SSSR count). The van der Waals surface area contributed by atoms with E-state index in [0.29, 0.717) is 17.4 Å². The average Bonchev–Trinajstić information content (AvgIpc) is 3.22. The van der Waals surface area contributed by atoms with Gasteiger partial charge in [0.15, 0.2) is 0 Å². The maximum Gasteiger partial charge on any atom is 0.416 e. The maximum absolute atomic E-state index is 13.7. The molecule has 0 radical (unpaired) electrons. The van der Waals surface area contributed by atoms with Gasteiger partial charge in [0.25, 0.3) is 0 Å². The molecule has 174 valence electrons. The van der Waals surface area contributed by atoms with Crippen molar-refractivity contribution >= 4 is 5.95 Å². The van der Waals surface area contributed by atoms with E-state index in [2.05, 4.69) is 20.7 Å². The van der Waals surface area contributed by atoms with E-state index in [4.69, 9.17) is 0 Å². The number of nitrogens with zero attached hydrogens (tertiary/aromatic N) is 3. The van der Waals surface area contributed by atoms with Crippen molar-refractivity contribution in [2.45, 2.75) is 56.0 Å². The average molecular weight is 459 g/mol. The zero-order valence-electron chi connectivity index (χ0n) is 17.0. The van der Waals surface area contributed by atoms with Gasteiger partial charge in [-0.2, -0.15) is 31.3 Å². The van der Waals surface area contributed by atoms with Gasteiger partial charge in [-0.15, -0.1) is 5.10 Å². The number of fused-ring (bicyclic) bond motifs is 3.